The number of hydrogen-bond acceptors (Lipinski definition) is 4. The molecule has 9 heteroatoms. The normalized spacial score (nSPS) is 12.1. The van der Waals surface area contributed by atoms with E-state index in [9.17, 15) is 18.0 Å². The summed E-state index contributed by atoms with van der Waals surface area (Å²) in [5.41, 5.74) is 1.21. The predicted octanol–water partition coefficient (Wildman–Crippen LogP) is 4.68. The van der Waals surface area contributed by atoms with Gasteiger partial charge in [0.05, 0.1) is 10.6 Å². The highest BCUT2D eigenvalue weighted by Gasteiger charge is 2.32. The number of sulfonamides is 1. The zero-order chi connectivity index (χ0) is 27.0. The molecule has 2 amide bonds. The Bertz CT molecular complexity index is 1280. The Hall–Kier alpha value is -2.92. The fourth-order valence-corrected chi connectivity index (χ4v) is 5.47. The molecule has 0 radical (unpaired) electrons. The number of nitrogens with zero attached hydrogens (tertiary/aromatic N) is 2. The smallest absolute Gasteiger partial charge is 0.264 e. The second-order valence-electron chi connectivity index (χ2n) is 9.12. The van der Waals surface area contributed by atoms with Crippen LogP contribution in [0, 0.1) is 9.49 Å². The van der Waals surface area contributed by atoms with Crippen LogP contribution < -0.4 is 9.62 Å². The average Bonchev–Trinajstić information content (AvgIpc) is 2.90. The third-order valence-electron chi connectivity index (χ3n) is 5.77. The molecule has 1 N–H and O–H groups in total. The van der Waals surface area contributed by atoms with E-state index in [0.717, 1.165) is 13.4 Å². The van der Waals surface area contributed by atoms with Gasteiger partial charge in [0.25, 0.3) is 10.0 Å². The Balaban J connectivity index is 1.97. The second kappa shape index (κ2) is 13.0. The maximum atomic E-state index is 13.8. The van der Waals surface area contributed by atoms with Gasteiger partial charge in [-0.2, -0.15) is 0 Å². The van der Waals surface area contributed by atoms with Crippen molar-refractivity contribution in [3.05, 3.63) is 94.1 Å². The lowest BCUT2D eigenvalue weighted by atomic mass is 10.1. The van der Waals surface area contributed by atoms with Gasteiger partial charge in [-0.05, 0) is 77.4 Å². The van der Waals surface area contributed by atoms with Crippen molar-refractivity contribution < 1.29 is 18.0 Å². The number of benzene rings is 3. The Morgan fingerprint density at radius 2 is 1.43 bits per heavy atom. The van der Waals surface area contributed by atoms with Gasteiger partial charge in [-0.1, -0.05) is 62.4 Å². The van der Waals surface area contributed by atoms with Crippen molar-refractivity contribution in [3.8, 4) is 0 Å². The Labute approximate surface area is 233 Å². The lowest BCUT2D eigenvalue weighted by molar-refractivity contribution is -0.139. The topological polar surface area (TPSA) is 86.8 Å². The summed E-state index contributed by atoms with van der Waals surface area (Å²) < 4.78 is 29.4. The Morgan fingerprint density at radius 3 is 2.00 bits per heavy atom. The minimum absolute atomic E-state index is 0.0821. The second-order valence-corrected chi connectivity index (χ2v) is 12.2. The van der Waals surface area contributed by atoms with E-state index in [2.05, 4.69) is 27.9 Å². The predicted molar refractivity (Wildman–Crippen MR) is 154 cm³/mol. The van der Waals surface area contributed by atoms with Gasteiger partial charge >= 0.3 is 0 Å². The summed E-state index contributed by atoms with van der Waals surface area (Å²) >= 11 is 2.14. The third-order valence-corrected chi connectivity index (χ3v) is 8.28. The molecule has 196 valence electrons. The van der Waals surface area contributed by atoms with Gasteiger partial charge in [0.1, 0.15) is 12.6 Å². The van der Waals surface area contributed by atoms with Crippen molar-refractivity contribution in [2.24, 2.45) is 5.92 Å². The van der Waals surface area contributed by atoms with Crippen LogP contribution in [-0.4, -0.2) is 44.3 Å². The van der Waals surface area contributed by atoms with Gasteiger partial charge in [0, 0.05) is 16.7 Å². The van der Waals surface area contributed by atoms with Gasteiger partial charge in [-0.25, -0.2) is 8.42 Å². The lowest BCUT2D eigenvalue weighted by Crippen LogP contribution is -2.51. The molecule has 37 heavy (non-hydrogen) atoms. The number of carbonyl (C=O) groups is 2. The van der Waals surface area contributed by atoms with Crippen molar-refractivity contribution >= 4 is 50.1 Å². The van der Waals surface area contributed by atoms with Crippen LogP contribution in [0.5, 0.6) is 0 Å². The quantitative estimate of drug-likeness (QED) is 0.311. The zero-order valence-electron chi connectivity index (χ0n) is 21.2. The lowest BCUT2D eigenvalue weighted by Gasteiger charge is -2.32. The first kappa shape index (κ1) is 28.6. The van der Waals surface area contributed by atoms with Gasteiger partial charge in [-0.3, -0.25) is 13.9 Å². The van der Waals surface area contributed by atoms with Crippen LogP contribution >= 0.6 is 22.6 Å². The summed E-state index contributed by atoms with van der Waals surface area (Å²) in [6.45, 7) is 5.84. The molecule has 0 aliphatic heterocycles. The van der Waals surface area contributed by atoms with E-state index in [1.807, 2.05) is 44.2 Å². The maximum Gasteiger partial charge on any atom is 0.264 e. The van der Waals surface area contributed by atoms with E-state index >= 15 is 0 Å². The molecule has 3 aromatic rings. The van der Waals surface area contributed by atoms with E-state index in [4.69, 9.17) is 0 Å². The largest absolute Gasteiger partial charge is 0.354 e. The maximum absolute atomic E-state index is 13.8. The van der Waals surface area contributed by atoms with E-state index in [0.29, 0.717) is 12.2 Å². The highest BCUT2D eigenvalue weighted by atomic mass is 127. The SMILES string of the molecule is CC(C)CNC(=O)[C@H](C)N(Cc1ccccc1)C(=O)CN(c1ccc(I)cc1)S(=O)(=O)c1ccccc1. The molecule has 7 nitrogen and oxygen atoms in total. The Morgan fingerprint density at radius 1 is 0.865 bits per heavy atom. The van der Waals surface area contributed by atoms with Gasteiger partial charge in [-0.15, -0.1) is 0 Å². The van der Waals surface area contributed by atoms with Crippen LogP contribution in [0.2, 0.25) is 0 Å². The zero-order valence-corrected chi connectivity index (χ0v) is 24.1. The number of anilines is 1. The molecule has 0 bridgehead atoms. The van der Waals surface area contributed by atoms with Crippen molar-refractivity contribution in [2.75, 3.05) is 17.4 Å². The number of halogens is 1. The molecular formula is C28H32IN3O4S. The van der Waals surface area contributed by atoms with Crippen molar-refractivity contribution in [2.45, 2.75) is 38.3 Å². The Kier molecular flexibility index (Phi) is 10.1. The summed E-state index contributed by atoms with van der Waals surface area (Å²) in [5, 5.41) is 2.88. The molecule has 0 saturated heterocycles. The monoisotopic (exact) mass is 633 g/mol. The average molecular weight is 634 g/mol. The fraction of sp³-hybridized carbons (Fsp3) is 0.286. The number of rotatable bonds is 11. The summed E-state index contributed by atoms with van der Waals surface area (Å²) in [7, 11) is -4.05. The molecule has 0 aliphatic rings. The minimum Gasteiger partial charge on any atom is -0.354 e. The molecule has 3 aromatic carbocycles. The number of hydrogen-bond donors (Lipinski definition) is 1. The first-order valence-corrected chi connectivity index (χ1v) is 14.6. The van der Waals surface area contributed by atoms with Crippen molar-refractivity contribution in [3.63, 3.8) is 0 Å². The number of carbonyl (C=O) groups excluding carboxylic acids is 2. The standard InChI is InChI=1S/C28H32IN3O4S/c1-21(2)18-30-28(34)22(3)31(19-23-10-6-4-7-11-23)27(33)20-32(25-16-14-24(29)15-17-25)37(35,36)26-12-8-5-9-13-26/h4-17,21-22H,18-20H2,1-3H3,(H,30,34)/t22-/m0/s1. The first-order valence-electron chi connectivity index (χ1n) is 12.0. The molecule has 0 saturated carbocycles. The van der Waals surface area contributed by atoms with Crippen LogP contribution in [0.4, 0.5) is 5.69 Å². The van der Waals surface area contributed by atoms with E-state index in [1.165, 1.54) is 17.0 Å². The van der Waals surface area contributed by atoms with Crippen LogP contribution in [0.1, 0.15) is 26.3 Å². The van der Waals surface area contributed by atoms with Crippen LogP contribution in [0.15, 0.2) is 89.8 Å². The number of amides is 2. The highest BCUT2D eigenvalue weighted by Crippen LogP contribution is 2.25. The number of nitrogens with one attached hydrogen (secondary N) is 1. The molecule has 1 atom stereocenters. The van der Waals surface area contributed by atoms with Crippen molar-refractivity contribution in [1.29, 1.82) is 0 Å². The summed E-state index contributed by atoms with van der Waals surface area (Å²) in [4.78, 5) is 28.3. The summed E-state index contributed by atoms with van der Waals surface area (Å²) in [5.74, 6) is -0.513. The van der Waals surface area contributed by atoms with E-state index < -0.39 is 28.5 Å². The molecule has 0 aliphatic carbocycles. The third kappa shape index (κ3) is 7.78. The summed E-state index contributed by atoms with van der Waals surface area (Å²) in [6, 6.07) is 23.5. The molecule has 0 aromatic heterocycles. The van der Waals surface area contributed by atoms with Crippen molar-refractivity contribution in [1.82, 2.24) is 10.2 Å². The molecule has 0 fully saturated rings. The fourth-order valence-electron chi connectivity index (χ4n) is 3.67. The van der Waals surface area contributed by atoms with Crippen LogP contribution in [0.3, 0.4) is 0 Å². The summed E-state index contributed by atoms with van der Waals surface area (Å²) in [6.07, 6.45) is 0. The van der Waals surface area contributed by atoms with Crippen LogP contribution in [0.25, 0.3) is 0 Å². The molecule has 0 spiro atoms. The van der Waals surface area contributed by atoms with E-state index in [1.54, 1.807) is 49.4 Å². The molecular weight excluding hydrogens is 601 g/mol. The molecule has 3 rings (SSSR count). The molecule has 0 heterocycles. The van der Waals surface area contributed by atoms with Gasteiger partial charge < -0.3 is 10.2 Å². The van der Waals surface area contributed by atoms with E-state index in [-0.39, 0.29) is 23.3 Å². The van der Waals surface area contributed by atoms with Gasteiger partial charge in [0.2, 0.25) is 11.8 Å². The highest BCUT2D eigenvalue weighted by molar-refractivity contribution is 14.1. The minimum atomic E-state index is -4.05. The van der Waals surface area contributed by atoms with Crippen LogP contribution in [-0.2, 0) is 26.2 Å². The molecule has 0 unspecified atom stereocenters. The first-order chi connectivity index (χ1) is 17.6. The van der Waals surface area contributed by atoms with Gasteiger partial charge in [0.15, 0.2) is 0 Å².